The van der Waals surface area contributed by atoms with Crippen LogP contribution >= 0.6 is 0 Å². The second-order valence-corrected chi connectivity index (χ2v) is 1.51. The van der Waals surface area contributed by atoms with Gasteiger partial charge in [0.25, 0.3) is 0 Å². The predicted octanol–water partition coefficient (Wildman–Crippen LogP) is -0.165. The molecule has 1 aromatic heterocycles. The molecule has 1 rings (SSSR count). The van der Waals surface area contributed by atoms with Gasteiger partial charge in [-0.05, 0) is 12.1 Å². The Kier molecular flexibility index (Phi) is 0.754. The highest BCUT2D eigenvalue weighted by Gasteiger charge is 1.70. The van der Waals surface area contributed by atoms with Crippen molar-refractivity contribution in [2.75, 3.05) is 0 Å². The van der Waals surface area contributed by atoms with Crippen LogP contribution < -0.4 is 10.7 Å². The SMILES string of the molecule is C=c1ccc(=C)[nH]1. The van der Waals surface area contributed by atoms with Gasteiger partial charge in [-0.3, -0.25) is 0 Å². The van der Waals surface area contributed by atoms with E-state index in [1.54, 1.807) is 0 Å². The molecule has 0 spiro atoms. The summed E-state index contributed by atoms with van der Waals surface area (Å²) < 4.78 is 0. The molecule has 0 unspecified atom stereocenters. The van der Waals surface area contributed by atoms with Crippen molar-refractivity contribution >= 4 is 13.2 Å². The summed E-state index contributed by atoms with van der Waals surface area (Å²) in [6, 6.07) is 3.78. The first kappa shape index (κ1) is 4.19. The number of aromatic amines is 1. The summed E-state index contributed by atoms with van der Waals surface area (Å²) in [5.74, 6) is 0. The van der Waals surface area contributed by atoms with Crippen LogP contribution in [0.3, 0.4) is 0 Å². The van der Waals surface area contributed by atoms with Crippen molar-refractivity contribution in [2.24, 2.45) is 0 Å². The number of aromatic nitrogens is 1. The monoisotopic (exact) mass is 93.1 g/mol. The van der Waals surface area contributed by atoms with Gasteiger partial charge >= 0.3 is 0 Å². The fraction of sp³-hybridized carbons (Fsp3) is 0. The van der Waals surface area contributed by atoms with Gasteiger partial charge in [-0.2, -0.15) is 0 Å². The highest BCUT2D eigenvalue weighted by Crippen LogP contribution is 1.52. The van der Waals surface area contributed by atoms with E-state index in [2.05, 4.69) is 18.1 Å². The lowest BCUT2D eigenvalue weighted by Gasteiger charge is -1.62. The van der Waals surface area contributed by atoms with Crippen LogP contribution in [0.2, 0.25) is 0 Å². The second kappa shape index (κ2) is 1.26. The molecule has 0 atom stereocenters. The van der Waals surface area contributed by atoms with Crippen LogP contribution in [-0.2, 0) is 0 Å². The van der Waals surface area contributed by atoms with E-state index >= 15 is 0 Å². The number of nitrogens with one attached hydrogen (secondary N) is 1. The quantitative estimate of drug-likeness (QED) is 0.458. The van der Waals surface area contributed by atoms with Gasteiger partial charge in [-0.25, -0.2) is 0 Å². The maximum absolute atomic E-state index is 3.65. The van der Waals surface area contributed by atoms with E-state index in [9.17, 15) is 0 Å². The van der Waals surface area contributed by atoms with E-state index in [0.717, 1.165) is 10.7 Å². The summed E-state index contributed by atoms with van der Waals surface area (Å²) in [6.07, 6.45) is 0. The maximum atomic E-state index is 3.65. The summed E-state index contributed by atoms with van der Waals surface area (Å²) in [6.45, 7) is 7.29. The number of H-pyrrole nitrogens is 1. The van der Waals surface area contributed by atoms with Gasteiger partial charge in [0.1, 0.15) is 0 Å². The third-order valence-corrected chi connectivity index (χ3v) is 0.807. The Hall–Kier alpha value is -0.980. The Bertz CT molecular complexity index is 208. The van der Waals surface area contributed by atoms with E-state index in [1.165, 1.54) is 0 Å². The third kappa shape index (κ3) is 0.712. The van der Waals surface area contributed by atoms with E-state index in [1.807, 2.05) is 12.1 Å². The highest BCUT2D eigenvalue weighted by molar-refractivity contribution is 5.05. The van der Waals surface area contributed by atoms with Gasteiger partial charge in [-0.1, -0.05) is 13.2 Å². The zero-order chi connectivity index (χ0) is 5.28. The van der Waals surface area contributed by atoms with Crippen molar-refractivity contribution < 1.29 is 0 Å². The molecule has 0 aliphatic heterocycles. The number of hydrogen-bond donors (Lipinski definition) is 1. The molecule has 0 bridgehead atoms. The lowest BCUT2D eigenvalue weighted by Crippen LogP contribution is -2.04. The molecule has 0 saturated carbocycles. The molecule has 0 aliphatic rings. The molecule has 0 fully saturated rings. The standard InChI is InChI=1S/C6H7N/c1-5-3-4-6(2)7-5/h3-4,7H,1-2H2. The van der Waals surface area contributed by atoms with Crippen molar-refractivity contribution in [3.05, 3.63) is 22.8 Å². The summed E-state index contributed by atoms with van der Waals surface area (Å²) in [5, 5.41) is 1.84. The molecular weight excluding hydrogens is 86.1 g/mol. The molecule has 0 saturated heterocycles. The maximum Gasteiger partial charge on any atom is 0.0311 e. The lowest BCUT2D eigenvalue weighted by atomic mass is 10.6. The average molecular weight is 93.1 g/mol. The van der Waals surface area contributed by atoms with Gasteiger partial charge in [-0.15, -0.1) is 0 Å². The van der Waals surface area contributed by atoms with Gasteiger partial charge < -0.3 is 4.98 Å². The lowest BCUT2D eigenvalue weighted by molar-refractivity contribution is 1.29. The molecule has 1 nitrogen and oxygen atoms in total. The molecule has 0 radical (unpaired) electrons. The normalized spacial score (nSPS) is 9.14. The van der Waals surface area contributed by atoms with Crippen LogP contribution in [0.1, 0.15) is 0 Å². The topological polar surface area (TPSA) is 15.8 Å². The Balaban J connectivity index is 3.59. The van der Waals surface area contributed by atoms with E-state index in [4.69, 9.17) is 0 Å². The van der Waals surface area contributed by atoms with Gasteiger partial charge in [0.2, 0.25) is 0 Å². The highest BCUT2D eigenvalue weighted by atomic mass is 14.6. The fourth-order valence-corrected chi connectivity index (χ4v) is 0.491. The fourth-order valence-electron chi connectivity index (χ4n) is 0.491. The van der Waals surface area contributed by atoms with E-state index in [-0.39, 0.29) is 0 Å². The van der Waals surface area contributed by atoms with Crippen molar-refractivity contribution in [3.8, 4) is 0 Å². The minimum absolute atomic E-state index is 0.921. The van der Waals surface area contributed by atoms with E-state index in [0.29, 0.717) is 0 Å². The van der Waals surface area contributed by atoms with Crippen LogP contribution in [0.5, 0.6) is 0 Å². The predicted molar refractivity (Wildman–Crippen MR) is 31.1 cm³/mol. The minimum atomic E-state index is 0.921. The molecule has 0 aromatic carbocycles. The van der Waals surface area contributed by atoms with Crippen molar-refractivity contribution in [2.45, 2.75) is 0 Å². The number of hydrogen-bond acceptors (Lipinski definition) is 0. The Morgan fingerprint density at radius 3 is 1.71 bits per heavy atom. The first-order chi connectivity index (χ1) is 3.29. The van der Waals surface area contributed by atoms with Gasteiger partial charge in [0.15, 0.2) is 0 Å². The average Bonchev–Trinajstić information content (AvgIpc) is 1.87. The third-order valence-electron chi connectivity index (χ3n) is 0.807. The smallest absolute Gasteiger partial charge is 0.0311 e. The van der Waals surface area contributed by atoms with Crippen molar-refractivity contribution in [3.63, 3.8) is 0 Å². The van der Waals surface area contributed by atoms with Crippen molar-refractivity contribution in [1.29, 1.82) is 0 Å². The zero-order valence-corrected chi connectivity index (χ0v) is 4.07. The van der Waals surface area contributed by atoms with Crippen LogP contribution in [0, 0.1) is 0 Å². The first-order valence-corrected chi connectivity index (χ1v) is 2.12. The van der Waals surface area contributed by atoms with Crippen molar-refractivity contribution in [1.82, 2.24) is 4.98 Å². The van der Waals surface area contributed by atoms with Crippen LogP contribution in [0.15, 0.2) is 12.1 Å². The zero-order valence-electron chi connectivity index (χ0n) is 4.07. The molecule has 1 aromatic rings. The molecule has 1 N–H and O–H groups in total. The van der Waals surface area contributed by atoms with Gasteiger partial charge in [0.05, 0.1) is 0 Å². The Morgan fingerprint density at radius 2 is 1.57 bits per heavy atom. The Morgan fingerprint density at radius 1 is 1.14 bits per heavy atom. The summed E-state index contributed by atoms with van der Waals surface area (Å²) >= 11 is 0. The minimum Gasteiger partial charge on any atom is -0.356 e. The second-order valence-electron chi connectivity index (χ2n) is 1.51. The summed E-state index contributed by atoms with van der Waals surface area (Å²) in [4.78, 5) is 2.92. The number of rotatable bonds is 0. The molecule has 7 heavy (non-hydrogen) atoms. The van der Waals surface area contributed by atoms with Gasteiger partial charge in [0, 0.05) is 10.7 Å². The molecule has 1 heteroatoms. The molecule has 0 aliphatic carbocycles. The Labute approximate surface area is 42.0 Å². The van der Waals surface area contributed by atoms with Crippen LogP contribution in [0.4, 0.5) is 0 Å². The molecular formula is C6H7N. The summed E-state index contributed by atoms with van der Waals surface area (Å²) in [5.41, 5.74) is 0. The molecule has 0 amide bonds. The van der Waals surface area contributed by atoms with E-state index < -0.39 is 0 Å². The molecule has 1 heterocycles. The molecule has 36 valence electrons. The van der Waals surface area contributed by atoms with Crippen LogP contribution in [-0.4, -0.2) is 4.98 Å². The summed E-state index contributed by atoms with van der Waals surface area (Å²) in [7, 11) is 0. The van der Waals surface area contributed by atoms with Crippen LogP contribution in [0.25, 0.3) is 13.2 Å². The largest absolute Gasteiger partial charge is 0.356 e. The first-order valence-electron chi connectivity index (χ1n) is 2.12.